The maximum Gasteiger partial charge on any atom is 0.408 e. The highest BCUT2D eigenvalue weighted by Gasteiger charge is 2.47. The van der Waals surface area contributed by atoms with Crippen LogP contribution in [0.5, 0.6) is 11.5 Å². The number of thioether (sulfide) groups is 1. The normalized spacial score (nSPS) is 12.5. The molecule has 6 aromatic carbocycles. The predicted octanol–water partition coefficient (Wildman–Crippen LogP) is 10.3. The van der Waals surface area contributed by atoms with E-state index in [9.17, 15) is 24.0 Å². The summed E-state index contributed by atoms with van der Waals surface area (Å²) < 4.78 is 61.5. The van der Waals surface area contributed by atoms with Crippen molar-refractivity contribution in [2.45, 2.75) is 81.7 Å². The summed E-state index contributed by atoms with van der Waals surface area (Å²) in [6.07, 6.45) is -2.62. The van der Waals surface area contributed by atoms with Crippen LogP contribution in [0.1, 0.15) is 77.8 Å². The van der Waals surface area contributed by atoms with Crippen molar-refractivity contribution in [2.75, 3.05) is 20.0 Å². The number of amides is 3. The zero-order chi connectivity index (χ0) is 52.9. The lowest BCUT2D eigenvalue weighted by Gasteiger charge is -2.31. The van der Waals surface area contributed by atoms with Gasteiger partial charge in [-0.15, -0.1) is 11.8 Å². The molecular weight excluding hydrogens is 969 g/mol. The molecule has 0 saturated heterocycles. The second-order valence-electron chi connectivity index (χ2n) is 17.6. The Bertz CT molecular complexity index is 2630. The van der Waals surface area contributed by atoms with Gasteiger partial charge in [-0.1, -0.05) is 159 Å². The van der Waals surface area contributed by atoms with Crippen LogP contribution in [0.25, 0.3) is 0 Å². The molecule has 0 aromatic heterocycles. The summed E-state index contributed by atoms with van der Waals surface area (Å²) >= 11 is 0.894. The Kier molecular flexibility index (Phi) is 21.0. The molecule has 74 heavy (non-hydrogen) atoms. The quantitative estimate of drug-likeness (QED) is 0.0349. The zero-order valence-electron chi connectivity index (χ0n) is 41.6. The number of esters is 2. The molecule has 0 heterocycles. The number of alkyl carbamates (subject to hydrolysis) is 1. The highest BCUT2D eigenvalue weighted by atomic mass is 32.2. The number of methoxy groups -OCH3 is 2. The van der Waals surface area contributed by atoms with E-state index in [1.807, 2.05) is 48.5 Å². The molecule has 0 fully saturated rings. The molecule has 0 spiro atoms. The van der Waals surface area contributed by atoms with Crippen molar-refractivity contribution in [1.82, 2.24) is 16.0 Å². The van der Waals surface area contributed by atoms with Crippen LogP contribution >= 0.6 is 11.8 Å². The summed E-state index contributed by atoms with van der Waals surface area (Å²) in [6, 6.07) is 44.4. The number of ether oxygens (including phenoxy) is 5. The Morgan fingerprint density at radius 3 is 1.49 bits per heavy atom. The third kappa shape index (κ3) is 16.7. The van der Waals surface area contributed by atoms with E-state index in [2.05, 4.69) is 16.0 Å². The van der Waals surface area contributed by atoms with E-state index in [1.165, 1.54) is 14.2 Å². The van der Waals surface area contributed by atoms with Gasteiger partial charge < -0.3 is 39.6 Å². The average molecular weight is 1030 g/mol. The predicted molar refractivity (Wildman–Crippen MR) is 278 cm³/mol. The molecule has 3 amide bonds. The van der Waals surface area contributed by atoms with E-state index < -0.39 is 83.3 Å². The molecule has 16 heteroatoms. The van der Waals surface area contributed by atoms with Gasteiger partial charge in [-0.05, 0) is 76.4 Å². The van der Waals surface area contributed by atoms with Crippen LogP contribution in [0.4, 0.5) is 13.6 Å². The second-order valence-corrected chi connectivity index (χ2v) is 18.7. The summed E-state index contributed by atoms with van der Waals surface area (Å²) in [7, 11) is 3.04. The summed E-state index contributed by atoms with van der Waals surface area (Å²) in [5.41, 5.74) is 4.05. The van der Waals surface area contributed by atoms with E-state index in [0.29, 0.717) is 33.8 Å². The number of carbonyl (C=O) groups is 5. The van der Waals surface area contributed by atoms with Gasteiger partial charge in [0.2, 0.25) is 11.8 Å². The minimum absolute atomic E-state index is 0.132. The smallest absolute Gasteiger partial charge is 0.408 e. The van der Waals surface area contributed by atoms with E-state index in [4.69, 9.17) is 23.7 Å². The number of hydrogen-bond acceptors (Lipinski definition) is 11. The van der Waals surface area contributed by atoms with E-state index in [0.717, 1.165) is 22.9 Å². The van der Waals surface area contributed by atoms with Gasteiger partial charge in [0, 0.05) is 6.42 Å². The van der Waals surface area contributed by atoms with Crippen molar-refractivity contribution in [2.24, 2.45) is 5.92 Å². The van der Waals surface area contributed by atoms with Gasteiger partial charge in [-0.3, -0.25) is 9.59 Å². The van der Waals surface area contributed by atoms with Gasteiger partial charge in [0.15, 0.2) is 12.1 Å². The molecule has 0 aliphatic heterocycles. The lowest BCUT2D eigenvalue weighted by molar-refractivity contribution is -0.154. The van der Waals surface area contributed by atoms with Crippen LogP contribution in [0.15, 0.2) is 170 Å². The van der Waals surface area contributed by atoms with Crippen LogP contribution in [-0.2, 0) is 46.6 Å². The standard InChI is InChI=1S/C58H61F2N3O10S/c1-39(2)50(56(67)73-51(42-18-9-5-10-19-42)43-20-11-6-12-21-43)63-54(65)53(58(59,60)38-74-52(44-22-13-7-14-23-44)45-24-15-8-16-25-45)62-49(64)27-17-26-48(55(66)71-36-40-28-32-46(69-3)33-29-40)61-57(68)72-37-41-30-34-47(70-4)35-31-41/h5-16,18-25,28-35,39,48,50-53H,17,26-27,36-38H2,1-4H3,(H,61,68)(H,62,64)(H,63,65)/t48-,50+,53+/m0/s1. The lowest BCUT2D eigenvalue weighted by atomic mass is 10.00. The molecule has 6 aromatic rings. The first-order valence-corrected chi connectivity index (χ1v) is 25.1. The molecule has 0 aliphatic carbocycles. The Labute approximate surface area is 434 Å². The van der Waals surface area contributed by atoms with E-state index in [1.54, 1.807) is 135 Å². The fourth-order valence-corrected chi connectivity index (χ4v) is 9.02. The van der Waals surface area contributed by atoms with Crippen molar-refractivity contribution in [3.05, 3.63) is 203 Å². The highest BCUT2D eigenvalue weighted by molar-refractivity contribution is 7.99. The molecule has 0 radical (unpaired) electrons. The largest absolute Gasteiger partial charge is 0.497 e. The molecule has 3 N–H and O–H groups in total. The maximum atomic E-state index is 17.0. The Balaban J connectivity index is 1.20. The first-order chi connectivity index (χ1) is 35.7. The number of nitrogens with one attached hydrogen (secondary N) is 3. The number of benzene rings is 6. The highest BCUT2D eigenvalue weighted by Crippen LogP contribution is 2.39. The molecule has 388 valence electrons. The van der Waals surface area contributed by atoms with Gasteiger partial charge in [-0.25, -0.2) is 23.2 Å². The summed E-state index contributed by atoms with van der Waals surface area (Å²) in [5, 5.41) is 6.71. The van der Waals surface area contributed by atoms with Crippen LogP contribution in [0, 0.1) is 5.92 Å². The van der Waals surface area contributed by atoms with Gasteiger partial charge in [-0.2, -0.15) is 0 Å². The fraction of sp³-hybridized carbons (Fsp3) is 0.293. The summed E-state index contributed by atoms with van der Waals surface area (Å²) in [6.45, 7) is 2.97. The van der Waals surface area contributed by atoms with Crippen LogP contribution < -0.4 is 25.4 Å². The van der Waals surface area contributed by atoms with Crippen molar-refractivity contribution in [1.29, 1.82) is 0 Å². The Morgan fingerprint density at radius 1 is 0.568 bits per heavy atom. The minimum Gasteiger partial charge on any atom is -0.497 e. The van der Waals surface area contributed by atoms with Gasteiger partial charge in [0.1, 0.15) is 36.8 Å². The molecule has 0 unspecified atom stereocenters. The number of rotatable bonds is 26. The van der Waals surface area contributed by atoms with Crippen molar-refractivity contribution in [3.8, 4) is 11.5 Å². The van der Waals surface area contributed by atoms with Crippen molar-refractivity contribution < 1.29 is 56.4 Å². The van der Waals surface area contributed by atoms with Crippen LogP contribution in [0.2, 0.25) is 0 Å². The minimum atomic E-state index is -3.91. The van der Waals surface area contributed by atoms with Crippen molar-refractivity contribution in [3.63, 3.8) is 0 Å². The molecule has 0 aliphatic rings. The first kappa shape index (κ1) is 55.6. The third-order valence-electron chi connectivity index (χ3n) is 11.8. The first-order valence-electron chi connectivity index (χ1n) is 24.1. The monoisotopic (exact) mass is 1030 g/mol. The molecule has 0 saturated carbocycles. The third-order valence-corrected chi connectivity index (χ3v) is 13.3. The molecule has 0 bridgehead atoms. The SMILES string of the molecule is COc1ccc(COC(=O)N[C@@H](CCCC(=O)N[C@H](C(=O)N[C@@H](C(=O)OC(c2ccccc2)c2ccccc2)C(C)C)C(F)(F)CSC(c2ccccc2)c2ccccc2)C(=O)OCc2ccc(OC)cc2)cc1. The van der Waals surface area contributed by atoms with E-state index >= 15 is 8.78 Å². The second kappa shape index (κ2) is 27.9. The maximum absolute atomic E-state index is 17.0. The average Bonchev–Trinajstić information content (AvgIpc) is 3.42. The Morgan fingerprint density at radius 2 is 1.03 bits per heavy atom. The molecule has 13 nitrogen and oxygen atoms in total. The summed E-state index contributed by atoms with van der Waals surface area (Å²) in [4.78, 5) is 69.0. The summed E-state index contributed by atoms with van der Waals surface area (Å²) in [5.74, 6) is -8.26. The van der Waals surface area contributed by atoms with Gasteiger partial charge in [0.05, 0.1) is 25.2 Å². The number of hydrogen-bond donors (Lipinski definition) is 3. The topological polar surface area (TPSA) is 168 Å². The fourth-order valence-electron chi connectivity index (χ4n) is 7.77. The number of carbonyl (C=O) groups excluding carboxylic acids is 5. The van der Waals surface area contributed by atoms with Crippen molar-refractivity contribution >= 4 is 41.6 Å². The number of halogens is 2. The molecule has 6 rings (SSSR count). The lowest BCUT2D eigenvalue weighted by Crippen LogP contribution is -2.60. The Hall–Kier alpha value is -7.72. The van der Waals surface area contributed by atoms with Crippen LogP contribution in [-0.4, -0.2) is 73.9 Å². The van der Waals surface area contributed by atoms with Gasteiger partial charge in [0.25, 0.3) is 5.92 Å². The van der Waals surface area contributed by atoms with E-state index in [-0.39, 0.29) is 26.1 Å². The molecule has 3 atom stereocenters. The van der Waals surface area contributed by atoms with Crippen LogP contribution in [0.3, 0.4) is 0 Å². The molecular formula is C58H61F2N3O10S. The van der Waals surface area contributed by atoms with Gasteiger partial charge >= 0.3 is 18.0 Å². The number of alkyl halides is 2. The zero-order valence-corrected chi connectivity index (χ0v) is 42.4.